The summed E-state index contributed by atoms with van der Waals surface area (Å²) in [6, 6.07) is 2.27. The van der Waals surface area contributed by atoms with Crippen LogP contribution in [-0.2, 0) is 6.54 Å². The van der Waals surface area contributed by atoms with Crippen LogP contribution in [0.15, 0.2) is 16.7 Å². The summed E-state index contributed by atoms with van der Waals surface area (Å²) in [5.74, 6) is 5.55. The highest BCUT2D eigenvalue weighted by Crippen LogP contribution is 2.23. The van der Waals surface area contributed by atoms with Crippen LogP contribution >= 0.6 is 0 Å². The number of hydrogen-bond donors (Lipinski definition) is 2. The quantitative estimate of drug-likeness (QED) is 0.470. The third-order valence-electron chi connectivity index (χ3n) is 3.44. The van der Waals surface area contributed by atoms with Crippen LogP contribution in [0.3, 0.4) is 0 Å². The van der Waals surface area contributed by atoms with E-state index in [9.17, 15) is 4.79 Å². The van der Waals surface area contributed by atoms with Crippen molar-refractivity contribution in [1.82, 2.24) is 10.3 Å². The van der Waals surface area contributed by atoms with E-state index in [4.69, 9.17) is 10.3 Å². The van der Waals surface area contributed by atoms with Crippen LogP contribution in [0.5, 0.6) is 0 Å². The Labute approximate surface area is 101 Å². The minimum Gasteiger partial charge on any atom is -0.467 e. The molecule has 2 heterocycles. The van der Waals surface area contributed by atoms with Crippen molar-refractivity contribution >= 4 is 5.91 Å². The van der Waals surface area contributed by atoms with Gasteiger partial charge >= 0.3 is 0 Å². The summed E-state index contributed by atoms with van der Waals surface area (Å²) in [4.78, 5) is 13.9. The Balaban J connectivity index is 2.08. The number of carbonyl (C=O) groups is 1. The SMILES string of the molecule is CCC1CCCN1Cc1occc1C(=O)NN. The summed E-state index contributed by atoms with van der Waals surface area (Å²) in [7, 11) is 0. The number of nitrogens with one attached hydrogen (secondary N) is 1. The van der Waals surface area contributed by atoms with Crippen molar-refractivity contribution in [3.8, 4) is 0 Å². The van der Waals surface area contributed by atoms with Gasteiger partial charge < -0.3 is 4.42 Å². The first-order valence-corrected chi connectivity index (χ1v) is 6.07. The predicted octanol–water partition coefficient (Wildman–Crippen LogP) is 1.26. The highest BCUT2D eigenvalue weighted by molar-refractivity contribution is 5.94. The smallest absolute Gasteiger partial charge is 0.268 e. The van der Waals surface area contributed by atoms with E-state index in [1.807, 2.05) is 0 Å². The van der Waals surface area contributed by atoms with Crippen molar-refractivity contribution in [2.45, 2.75) is 38.8 Å². The molecule has 17 heavy (non-hydrogen) atoms. The van der Waals surface area contributed by atoms with Gasteiger partial charge in [0.2, 0.25) is 0 Å². The third kappa shape index (κ3) is 2.50. The maximum absolute atomic E-state index is 11.5. The maximum Gasteiger partial charge on any atom is 0.268 e. The number of nitrogen functional groups attached to an aromatic ring is 1. The number of hydrogen-bond acceptors (Lipinski definition) is 4. The molecule has 0 aromatic carbocycles. The van der Waals surface area contributed by atoms with Crippen molar-refractivity contribution in [2.24, 2.45) is 5.84 Å². The van der Waals surface area contributed by atoms with Gasteiger partial charge in [-0.15, -0.1) is 0 Å². The molecule has 0 saturated carbocycles. The monoisotopic (exact) mass is 237 g/mol. The molecule has 1 saturated heterocycles. The number of amides is 1. The molecule has 0 radical (unpaired) electrons. The first kappa shape index (κ1) is 12.1. The minimum absolute atomic E-state index is 0.291. The lowest BCUT2D eigenvalue weighted by atomic mass is 10.1. The molecule has 5 heteroatoms. The summed E-state index contributed by atoms with van der Waals surface area (Å²) in [6.07, 6.45) is 5.13. The van der Waals surface area contributed by atoms with Gasteiger partial charge in [-0.05, 0) is 31.9 Å². The zero-order valence-electron chi connectivity index (χ0n) is 10.1. The van der Waals surface area contributed by atoms with E-state index < -0.39 is 0 Å². The third-order valence-corrected chi connectivity index (χ3v) is 3.44. The molecular formula is C12H19N3O2. The largest absolute Gasteiger partial charge is 0.467 e. The van der Waals surface area contributed by atoms with E-state index in [2.05, 4.69) is 17.2 Å². The summed E-state index contributed by atoms with van der Waals surface area (Å²) in [5, 5.41) is 0. The molecule has 1 aromatic rings. The van der Waals surface area contributed by atoms with E-state index in [0.29, 0.717) is 23.9 Å². The van der Waals surface area contributed by atoms with Crippen molar-refractivity contribution < 1.29 is 9.21 Å². The van der Waals surface area contributed by atoms with Crippen molar-refractivity contribution in [1.29, 1.82) is 0 Å². The molecule has 1 fully saturated rings. The normalized spacial score (nSPS) is 20.7. The van der Waals surface area contributed by atoms with Crippen LogP contribution in [0.25, 0.3) is 0 Å². The second kappa shape index (κ2) is 5.33. The second-order valence-corrected chi connectivity index (χ2v) is 4.41. The Morgan fingerprint density at radius 3 is 3.24 bits per heavy atom. The van der Waals surface area contributed by atoms with Crippen LogP contribution in [0, 0.1) is 0 Å². The fraction of sp³-hybridized carbons (Fsp3) is 0.583. The second-order valence-electron chi connectivity index (χ2n) is 4.41. The first-order valence-electron chi connectivity index (χ1n) is 6.07. The van der Waals surface area contributed by atoms with Crippen LogP contribution in [-0.4, -0.2) is 23.4 Å². The van der Waals surface area contributed by atoms with Crippen molar-refractivity contribution in [2.75, 3.05) is 6.54 Å². The lowest BCUT2D eigenvalue weighted by molar-refractivity contribution is 0.0949. The fourth-order valence-electron chi connectivity index (χ4n) is 2.49. The van der Waals surface area contributed by atoms with Gasteiger partial charge in [0.1, 0.15) is 5.76 Å². The maximum atomic E-state index is 11.5. The van der Waals surface area contributed by atoms with Gasteiger partial charge in [-0.2, -0.15) is 0 Å². The molecule has 0 aliphatic carbocycles. The lowest BCUT2D eigenvalue weighted by Crippen LogP contribution is -2.32. The van der Waals surface area contributed by atoms with Crippen LogP contribution in [0.1, 0.15) is 42.3 Å². The van der Waals surface area contributed by atoms with Crippen LogP contribution < -0.4 is 11.3 Å². The minimum atomic E-state index is -0.291. The predicted molar refractivity (Wildman–Crippen MR) is 64.1 cm³/mol. The Morgan fingerprint density at radius 1 is 1.71 bits per heavy atom. The van der Waals surface area contributed by atoms with Gasteiger partial charge in [0.05, 0.1) is 18.4 Å². The number of hydrazine groups is 1. The number of nitrogens with two attached hydrogens (primary N) is 1. The van der Waals surface area contributed by atoms with Gasteiger partial charge in [-0.3, -0.25) is 15.1 Å². The first-order chi connectivity index (χ1) is 8.26. The average molecular weight is 237 g/mol. The highest BCUT2D eigenvalue weighted by atomic mass is 16.3. The average Bonchev–Trinajstić information content (AvgIpc) is 2.97. The molecule has 1 aliphatic heterocycles. The molecule has 5 nitrogen and oxygen atoms in total. The number of likely N-dealkylation sites (tertiary alicyclic amines) is 1. The van der Waals surface area contributed by atoms with Gasteiger partial charge in [0, 0.05) is 6.04 Å². The van der Waals surface area contributed by atoms with Gasteiger partial charge in [-0.1, -0.05) is 6.92 Å². The zero-order valence-corrected chi connectivity index (χ0v) is 10.1. The Morgan fingerprint density at radius 2 is 2.53 bits per heavy atom. The van der Waals surface area contributed by atoms with E-state index in [-0.39, 0.29) is 5.91 Å². The molecule has 3 N–H and O–H groups in total. The number of rotatable bonds is 4. The van der Waals surface area contributed by atoms with E-state index in [1.54, 1.807) is 6.07 Å². The lowest BCUT2D eigenvalue weighted by Gasteiger charge is -2.22. The van der Waals surface area contributed by atoms with Crippen LogP contribution in [0.2, 0.25) is 0 Å². The molecular weight excluding hydrogens is 218 g/mol. The Kier molecular flexibility index (Phi) is 3.81. The molecule has 2 rings (SSSR count). The van der Waals surface area contributed by atoms with Gasteiger partial charge in [0.25, 0.3) is 5.91 Å². The number of carbonyl (C=O) groups excluding carboxylic acids is 1. The summed E-state index contributed by atoms with van der Waals surface area (Å²) in [5.41, 5.74) is 2.68. The van der Waals surface area contributed by atoms with E-state index in [0.717, 1.165) is 13.0 Å². The molecule has 1 aliphatic rings. The van der Waals surface area contributed by atoms with Crippen molar-refractivity contribution in [3.63, 3.8) is 0 Å². The fourth-order valence-corrected chi connectivity index (χ4v) is 2.49. The molecule has 1 aromatic heterocycles. The van der Waals surface area contributed by atoms with E-state index in [1.165, 1.54) is 19.1 Å². The zero-order chi connectivity index (χ0) is 12.3. The number of furan rings is 1. The summed E-state index contributed by atoms with van der Waals surface area (Å²) in [6.45, 7) is 3.95. The molecule has 94 valence electrons. The van der Waals surface area contributed by atoms with Gasteiger partial charge in [0.15, 0.2) is 0 Å². The Bertz CT molecular complexity index is 389. The summed E-state index contributed by atoms with van der Waals surface area (Å²) < 4.78 is 5.38. The topological polar surface area (TPSA) is 71.5 Å². The van der Waals surface area contributed by atoms with Gasteiger partial charge in [-0.25, -0.2) is 5.84 Å². The number of nitrogens with zero attached hydrogens (tertiary/aromatic N) is 1. The molecule has 1 atom stereocenters. The van der Waals surface area contributed by atoms with Crippen LogP contribution in [0.4, 0.5) is 0 Å². The van der Waals surface area contributed by atoms with E-state index >= 15 is 0 Å². The molecule has 1 unspecified atom stereocenters. The molecule has 0 spiro atoms. The highest BCUT2D eigenvalue weighted by Gasteiger charge is 2.25. The molecule has 0 bridgehead atoms. The standard InChI is InChI=1S/C12H19N3O2/c1-2-9-4-3-6-15(9)8-11-10(5-7-17-11)12(16)14-13/h5,7,9H,2-4,6,8,13H2,1H3,(H,14,16). The summed E-state index contributed by atoms with van der Waals surface area (Å²) >= 11 is 0. The Hall–Kier alpha value is -1.33. The van der Waals surface area contributed by atoms with Crippen molar-refractivity contribution in [3.05, 3.63) is 23.7 Å². The molecule has 1 amide bonds.